The number of likely N-dealkylation sites (tertiary alicyclic amines) is 1. The standard InChI is InChI=1S/C17H19NSe/c1-2-9-16(10-3-1)19-17-11-5-4-8-15(17)14-18-12-6-7-13-18/h1-5,8-11H,6-7,12-14H2. The first-order valence-corrected chi connectivity index (χ1v) is 8.66. The van der Waals surface area contributed by atoms with Gasteiger partial charge in [-0.3, -0.25) is 0 Å². The summed E-state index contributed by atoms with van der Waals surface area (Å²) in [5, 5.41) is 0. The molecule has 2 aromatic rings. The Labute approximate surface area is 121 Å². The average molecular weight is 316 g/mol. The van der Waals surface area contributed by atoms with Crippen LogP contribution in [0.1, 0.15) is 18.4 Å². The van der Waals surface area contributed by atoms with E-state index in [1.807, 2.05) is 0 Å². The van der Waals surface area contributed by atoms with Crippen LogP contribution in [0.4, 0.5) is 0 Å². The molecule has 1 aliphatic heterocycles. The van der Waals surface area contributed by atoms with Gasteiger partial charge in [0.15, 0.2) is 0 Å². The number of hydrogen-bond acceptors (Lipinski definition) is 1. The first kappa shape index (κ1) is 12.9. The van der Waals surface area contributed by atoms with Crippen molar-refractivity contribution in [2.24, 2.45) is 0 Å². The van der Waals surface area contributed by atoms with Crippen molar-refractivity contribution < 1.29 is 0 Å². The van der Waals surface area contributed by atoms with Gasteiger partial charge in [0.05, 0.1) is 0 Å². The zero-order valence-electron chi connectivity index (χ0n) is 11.1. The summed E-state index contributed by atoms with van der Waals surface area (Å²) in [5.41, 5.74) is 1.52. The monoisotopic (exact) mass is 317 g/mol. The van der Waals surface area contributed by atoms with E-state index in [1.165, 1.54) is 40.4 Å². The molecule has 1 nitrogen and oxygen atoms in total. The molecule has 0 unspecified atom stereocenters. The first-order valence-electron chi connectivity index (χ1n) is 6.95. The molecule has 1 fully saturated rings. The van der Waals surface area contributed by atoms with Gasteiger partial charge in [-0.05, 0) is 0 Å². The molecule has 0 atom stereocenters. The molecule has 1 heterocycles. The van der Waals surface area contributed by atoms with Crippen LogP contribution >= 0.6 is 0 Å². The second-order valence-corrected chi connectivity index (χ2v) is 7.35. The fourth-order valence-corrected chi connectivity index (χ4v) is 4.54. The summed E-state index contributed by atoms with van der Waals surface area (Å²) in [6.07, 6.45) is 2.73. The summed E-state index contributed by atoms with van der Waals surface area (Å²) in [4.78, 5) is 2.58. The van der Waals surface area contributed by atoms with Crippen LogP contribution in [0.15, 0.2) is 54.6 Å². The van der Waals surface area contributed by atoms with Gasteiger partial charge in [0.2, 0.25) is 0 Å². The normalized spacial score (nSPS) is 15.8. The predicted octanol–water partition coefficient (Wildman–Crippen LogP) is 1.94. The van der Waals surface area contributed by atoms with Crippen molar-refractivity contribution in [2.75, 3.05) is 13.1 Å². The van der Waals surface area contributed by atoms with Gasteiger partial charge in [0, 0.05) is 0 Å². The summed E-state index contributed by atoms with van der Waals surface area (Å²) in [5.74, 6) is 0. The van der Waals surface area contributed by atoms with Gasteiger partial charge in [-0.15, -0.1) is 0 Å². The van der Waals surface area contributed by atoms with E-state index < -0.39 is 0 Å². The van der Waals surface area contributed by atoms with E-state index in [2.05, 4.69) is 59.5 Å². The van der Waals surface area contributed by atoms with Gasteiger partial charge >= 0.3 is 121 Å². The van der Waals surface area contributed by atoms with Crippen molar-refractivity contribution in [1.29, 1.82) is 0 Å². The van der Waals surface area contributed by atoms with E-state index in [-0.39, 0.29) is 0 Å². The van der Waals surface area contributed by atoms with Crippen molar-refractivity contribution in [3.8, 4) is 0 Å². The second-order valence-electron chi connectivity index (χ2n) is 5.01. The molecule has 2 heteroatoms. The zero-order chi connectivity index (χ0) is 12.9. The molecule has 19 heavy (non-hydrogen) atoms. The van der Waals surface area contributed by atoms with E-state index >= 15 is 0 Å². The third kappa shape index (κ3) is 3.48. The zero-order valence-corrected chi connectivity index (χ0v) is 12.8. The van der Waals surface area contributed by atoms with Crippen LogP contribution in [-0.4, -0.2) is 32.9 Å². The third-order valence-electron chi connectivity index (χ3n) is 3.54. The van der Waals surface area contributed by atoms with Crippen LogP contribution in [-0.2, 0) is 6.54 Å². The van der Waals surface area contributed by atoms with Crippen molar-refractivity contribution in [3.63, 3.8) is 0 Å². The molecule has 1 aliphatic rings. The minimum absolute atomic E-state index is 0.428. The molecule has 0 N–H and O–H groups in total. The van der Waals surface area contributed by atoms with Crippen molar-refractivity contribution in [1.82, 2.24) is 4.90 Å². The van der Waals surface area contributed by atoms with Gasteiger partial charge in [-0.25, -0.2) is 0 Å². The molecule has 1 saturated heterocycles. The summed E-state index contributed by atoms with van der Waals surface area (Å²) in [7, 11) is 0. The SMILES string of the molecule is c1ccc([Se]c2ccccc2CN2CCCC2)cc1. The predicted molar refractivity (Wildman–Crippen MR) is 82.4 cm³/mol. The molecule has 0 saturated carbocycles. The van der Waals surface area contributed by atoms with E-state index in [0.717, 1.165) is 6.54 Å². The molecule has 0 spiro atoms. The van der Waals surface area contributed by atoms with E-state index in [4.69, 9.17) is 0 Å². The first-order chi connectivity index (χ1) is 9.42. The maximum atomic E-state index is 2.58. The number of benzene rings is 2. The fourth-order valence-electron chi connectivity index (χ4n) is 2.53. The molecule has 2 aromatic carbocycles. The van der Waals surface area contributed by atoms with Crippen molar-refractivity contribution in [3.05, 3.63) is 60.2 Å². The van der Waals surface area contributed by atoms with Gasteiger partial charge < -0.3 is 0 Å². The van der Waals surface area contributed by atoms with E-state index in [1.54, 1.807) is 0 Å². The Kier molecular flexibility index (Phi) is 4.34. The van der Waals surface area contributed by atoms with Crippen LogP contribution < -0.4 is 8.92 Å². The molecular weight excluding hydrogens is 297 g/mol. The van der Waals surface area contributed by atoms with Crippen LogP contribution in [0.25, 0.3) is 0 Å². The summed E-state index contributed by atoms with van der Waals surface area (Å²) >= 11 is 0.428. The Hall–Kier alpha value is -1.08. The third-order valence-corrected chi connectivity index (χ3v) is 5.90. The molecule has 0 radical (unpaired) electrons. The Morgan fingerprint density at radius 1 is 0.842 bits per heavy atom. The van der Waals surface area contributed by atoms with E-state index in [9.17, 15) is 0 Å². The molecule has 0 bridgehead atoms. The van der Waals surface area contributed by atoms with Gasteiger partial charge in [0.1, 0.15) is 0 Å². The van der Waals surface area contributed by atoms with Crippen LogP contribution in [0, 0.1) is 0 Å². The van der Waals surface area contributed by atoms with Crippen molar-refractivity contribution >= 4 is 23.9 Å². The Balaban J connectivity index is 1.77. The fraction of sp³-hybridized carbons (Fsp3) is 0.294. The van der Waals surface area contributed by atoms with E-state index in [0.29, 0.717) is 15.0 Å². The molecule has 3 rings (SSSR count). The Morgan fingerprint density at radius 2 is 1.53 bits per heavy atom. The van der Waals surface area contributed by atoms with Crippen LogP contribution in [0.5, 0.6) is 0 Å². The number of hydrogen-bond donors (Lipinski definition) is 0. The summed E-state index contributed by atoms with van der Waals surface area (Å²) < 4.78 is 3.00. The Morgan fingerprint density at radius 3 is 2.32 bits per heavy atom. The van der Waals surface area contributed by atoms with Crippen molar-refractivity contribution in [2.45, 2.75) is 19.4 Å². The second kappa shape index (κ2) is 6.38. The minimum atomic E-state index is 0.428. The topological polar surface area (TPSA) is 3.24 Å². The van der Waals surface area contributed by atoms with Gasteiger partial charge in [-0.2, -0.15) is 0 Å². The summed E-state index contributed by atoms with van der Waals surface area (Å²) in [6.45, 7) is 3.67. The number of rotatable bonds is 4. The maximum absolute atomic E-state index is 2.58. The molecule has 0 amide bonds. The Bertz CT molecular complexity index is 518. The average Bonchev–Trinajstić information content (AvgIpc) is 2.95. The summed E-state index contributed by atoms with van der Waals surface area (Å²) in [6, 6.07) is 19.8. The van der Waals surface area contributed by atoms with Gasteiger partial charge in [-0.1, -0.05) is 0 Å². The molecule has 0 aliphatic carbocycles. The van der Waals surface area contributed by atoms with Crippen LogP contribution in [0.2, 0.25) is 0 Å². The molecule has 98 valence electrons. The quantitative estimate of drug-likeness (QED) is 0.779. The van der Waals surface area contributed by atoms with Gasteiger partial charge in [0.25, 0.3) is 0 Å². The van der Waals surface area contributed by atoms with Crippen LogP contribution in [0.3, 0.4) is 0 Å². The number of nitrogens with zero attached hydrogens (tertiary/aromatic N) is 1. The molecular formula is C17H19NSe. The molecule has 0 aromatic heterocycles.